The molecule has 0 radical (unpaired) electrons. The molecule has 3 rings (SSSR count). The van der Waals surface area contributed by atoms with Crippen LogP contribution in [0.2, 0.25) is 0 Å². The Labute approximate surface area is 85.9 Å². The van der Waals surface area contributed by atoms with Crippen molar-refractivity contribution in [2.45, 2.75) is 6.29 Å². The quantitative estimate of drug-likeness (QED) is 0.661. The first-order valence-corrected chi connectivity index (χ1v) is 4.68. The van der Waals surface area contributed by atoms with Gasteiger partial charge in [0.25, 0.3) is 0 Å². The monoisotopic (exact) mass is 200 g/mol. The molecule has 0 spiro atoms. The van der Waals surface area contributed by atoms with Crippen molar-refractivity contribution >= 4 is 16.7 Å². The number of hydrogen-bond donors (Lipinski definition) is 1. The predicted molar refractivity (Wildman–Crippen MR) is 54.3 cm³/mol. The Morgan fingerprint density at radius 2 is 1.87 bits per heavy atom. The lowest BCUT2D eigenvalue weighted by atomic mass is 9.97. The number of hydrogen-bond acceptors (Lipinski definition) is 3. The molecule has 0 bridgehead atoms. The highest BCUT2D eigenvalue weighted by molar-refractivity contribution is 6.07. The van der Waals surface area contributed by atoms with Crippen molar-refractivity contribution < 1.29 is 14.6 Å². The van der Waals surface area contributed by atoms with Gasteiger partial charge in [-0.1, -0.05) is 30.3 Å². The SMILES string of the molecule is O=C1O[C@@H](O)c2cccc3cccc1c23. The number of rotatable bonds is 0. The summed E-state index contributed by atoms with van der Waals surface area (Å²) in [5.41, 5.74) is 1.18. The van der Waals surface area contributed by atoms with Gasteiger partial charge in [0.15, 0.2) is 0 Å². The van der Waals surface area contributed by atoms with Crippen LogP contribution in [0, 0.1) is 0 Å². The van der Waals surface area contributed by atoms with Crippen LogP contribution in [-0.4, -0.2) is 11.1 Å². The number of ether oxygens (including phenoxy) is 1. The molecule has 1 aliphatic heterocycles. The van der Waals surface area contributed by atoms with Gasteiger partial charge in [-0.3, -0.25) is 0 Å². The van der Waals surface area contributed by atoms with Crippen LogP contribution in [0.5, 0.6) is 0 Å². The fourth-order valence-electron chi connectivity index (χ4n) is 1.97. The fraction of sp³-hybridized carbons (Fsp3) is 0.0833. The highest BCUT2D eigenvalue weighted by atomic mass is 16.6. The molecule has 3 nitrogen and oxygen atoms in total. The van der Waals surface area contributed by atoms with E-state index in [-0.39, 0.29) is 0 Å². The second-order valence-electron chi connectivity index (χ2n) is 3.51. The number of aliphatic hydroxyl groups is 1. The summed E-state index contributed by atoms with van der Waals surface area (Å²) in [6, 6.07) is 10.9. The van der Waals surface area contributed by atoms with E-state index in [4.69, 9.17) is 4.74 Å². The standard InChI is InChI=1S/C12H8O3/c13-11-8-5-1-3-7-4-2-6-9(10(7)8)12(14)15-11/h1-6,11,13H/t11-/m1/s1. The molecule has 0 amide bonds. The molecule has 2 aromatic rings. The third-order valence-electron chi connectivity index (χ3n) is 2.64. The summed E-state index contributed by atoms with van der Waals surface area (Å²) >= 11 is 0. The predicted octanol–water partition coefficient (Wildman–Crippen LogP) is 2.00. The lowest BCUT2D eigenvalue weighted by molar-refractivity contribution is -0.0686. The zero-order valence-corrected chi connectivity index (χ0v) is 7.81. The number of esters is 1. The van der Waals surface area contributed by atoms with Gasteiger partial charge in [-0.15, -0.1) is 0 Å². The molecule has 0 saturated heterocycles. The molecule has 0 aromatic heterocycles. The number of benzene rings is 2. The molecular weight excluding hydrogens is 192 g/mol. The largest absolute Gasteiger partial charge is 0.428 e. The molecule has 0 fully saturated rings. The van der Waals surface area contributed by atoms with Crippen LogP contribution >= 0.6 is 0 Å². The van der Waals surface area contributed by atoms with Gasteiger partial charge in [-0.05, 0) is 11.5 Å². The Hall–Kier alpha value is -1.87. The maximum absolute atomic E-state index is 11.5. The molecule has 3 heteroatoms. The minimum atomic E-state index is -1.14. The van der Waals surface area contributed by atoms with Gasteiger partial charge in [0.2, 0.25) is 6.29 Å². The van der Waals surface area contributed by atoms with Gasteiger partial charge in [0, 0.05) is 10.9 Å². The summed E-state index contributed by atoms with van der Waals surface area (Å²) in [5.74, 6) is -0.466. The first kappa shape index (κ1) is 8.44. The molecule has 74 valence electrons. The van der Waals surface area contributed by atoms with Crippen molar-refractivity contribution in [3.05, 3.63) is 47.5 Å². The topological polar surface area (TPSA) is 46.5 Å². The average Bonchev–Trinajstić information content (AvgIpc) is 2.25. The van der Waals surface area contributed by atoms with Crippen molar-refractivity contribution in [3.8, 4) is 0 Å². The van der Waals surface area contributed by atoms with E-state index in [0.717, 1.165) is 10.8 Å². The molecule has 1 aliphatic rings. The minimum absolute atomic E-state index is 0.466. The van der Waals surface area contributed by atoms with Crippen LogP contribution in [0.4, 0.5) is 0 Å². The van der Waals surface area contributed by atoms with Gasteiger partial charge < -0.3 is 9.84 Å². The van der Waals surface area contributed by atoms with Gasteiger partial charge in [-0.25, -0.2) is 4.79 Å². The van der Waals surface area contributed by atoms with Crippen molar-refractivity contribution in [2.75, 3.05) is 0 Å². The maximum atomic E-state index is 11.5. The van der Waals surface area contributed by atoms with E-state index in [1.54, 1.807) is 18.2 Å². The van der Waals surface area contributed by atoms with E-state index in [1.165, 1.54) is 0 Å². The number of carbonyl (C=O) groups excluding carboxylic acids is 1. The van der Waals surface area contributed by atoms with Crippen LogP contribution in [0.15, 0.2) is 36.4 Å². The van der Waals surface area contributed by atoms with E-state index in [0.29, 0.717) is 11.1 Å². The highest BCUT2D eigenvalue weighted by Crippen LogP contribution is 2.33. The number of carbonyl (C=O) groups is 1. The first-order valence-electron chi connectivity index (χ1n) is 4.68. The second-order valence-corrected chi connectivity index (χ2v) is 3.51. The van der Waals surface area contributed by atoms with Gasteiger partial charge in [-0.2, -0.15) is 0 Å². The molecule has 15 heavy (non-hydrogen) atoms. The van der Waals surface area contributed by atoms with Crippen LogP contribution in [0.25, 0.3) is 10.8 Å². The summed E-state index contributed by atoms with van der Waals surface area (Å²) in [6.07, 6.45) is -1.14. The number of cyclic esters (lactones) is 1. The summed E-state index contributed by atoms with van der Waals surface area (Å²) in [6.45, 7) is 0. The fourth-order valence-corrected chi connectivity index (χ4v) is 1.97. The maximum Gasteiger partial charge on any atom is 0.341 e. The van der Waals surface area contributed by atoms with Gasteiger partial charge in [0.1, 0.15) is 0 Å². The Bertz CT molecular complexity index is 555. The average molecular weight is 200 g/mol. The van der Waals surface area contributed by atoms with Crippen molar-refractivity contribution in [1.82, 2.24) is 0 Å². The third-order valence-corrected chi connectivity index (χ3v) is 2.64. The van der Waals surface area contributed by atoms with E-state index < -0.39 is 12.3 Å². The number of aliphatic hydroxyl groups excluding tert-OH is 1. The summed E-state index contributed by atoms with van der Waals surface area (Å²) in [5, 5.41) is 11.3. The Kier molecular flexibility index (Phi) is 1.58. The van der Waals surface area contributed by atoms with E-state index >= 15 is 0 Å². The Morgan fingerprint density at radius 1 is 1.13 bits per heavy atom. The van der Waals surface area contributed by atoms with Crippen molar-refractivity contribution in [1.29, 1.82) is 0 Å². The lowest BCUT2D eigenvalue weighted by Gasteiger charge is -2.21. The van der Waals surface area contributed by atoms with Crippen LogP contribution < -0.4 is 0 Å². The molecule has 1 N–H and O–H groups in total. The summed E-state index contributed by atoms with van der Waals surface area (Å²) < 4.78 is 4.82. The summed E-state index contributed by atoms with van der Waals surface area (Å²) in [7, 11) is 0. The van der Waals surface area contributed by atoms with Gasteiger partial charge in [0.05, 0.1) is 5.56 Å². The van der Waals surface area contributed by atoms with Crippen LogP contribution in [-0.2, 0) is 4.74 Å². The Morgan fingerprint density at radius 3 is 2.67 bits per heavy atom. The molecule has 0 saturated carbocycles. The zero-order valence-electron chi connectivity index (χ0n) is 7.81. The highest BCUT2D eigenvalue weighted by Gasteiger charge is 2.26. The molecule has 1 heterocycles. The minimum Gasteiger partial charge on any atom is -0.428 e. The van der Waals surface area contributed by atoms with Crippen molar-refractivity contribution in [3.63, 3.8) is 0 Å². The van der Waals surface area contributed by atoms with Crippen LogP contribution in [0.1, 0.15) is 22.2 Å². The van der Waals surface area contributed by atoms with Crippen LogP contribution in [0.3, 0.4) is 0 Å². The molecule has 0 unspecified atom stereocenters. The van der Waals surface area contributed by atoms with Crippen molar-refractivity contribution in [2.24, 2.45) is 0 Å². The Balaban J connectivity index is 2.50. The van der Waals surface area contributed by atoms with E-state index in [2.05, 4.69) is 0 Å². The smallest absolute Gasteiger partial charge is 0.341 e. The lowest BCUT2D eigenvalue weighted by Crippen LogP contribution is -2.17. The van der Waals surface area contributed by atoms with E-state index in [9.17, 15) is 9.90 Å². The third kappa shape index (κ3) is 1.07. The first-order chi connectivity index (χ1) is 7.27. The van der Waals surface area contributed by atoms with E-state index in [1.807, 2.05) is 18.2 Å². The summed E-state index contributed by atoms with van der Waals surface area (Å²) in [4.78, 5) is 11.5. The molecule has 0 aliphatic carbocycles. The molecule has 1 atom stereocenters. The second kappa shape index (κ2) is 2.81. The normalized spacial score (nSPS) is 19.0. The zero-order chi connectivity index (χ0) is 10.4. The van der Waals surface area contributed by atoms with Gasteiger partial charge >= 0.3 is 5.97 Å². The molecular formula is C12H8O3. The molecule has 2 aromatic carbocycles.